The molecule has 7 heterocycles. The molecular weight excluding hydrogens is 863 g/mol. The van der Waals surface area contributed by atoms with Crippen molar-refractivity contribution >= 4 is 51.2 Å². The van der Waals surface area contributed by atoms with Crippen molar-refractivity contribution in [2.45, 2.75) is 38.9 Å². The van der Waals surface area contributed by atoms with Gasteiger partial charge in [0.25, 0.3) is 11.1 Å². The molecule has 1 aliphatic rings. The molecule has 0 atom stereocenters. The number of nitrogens with zero attached hydrogens (tertiary/aromatic N) is 8. The number of fused-ring (bicyclic) bond motifs is 2. The lowest BCUT2D eigenvalue weighted by Crippen LogP contribution is -2.41. The monoisotopic (exact) mass is 916 g/mol. The van der Waals surface area contributed by atoms with Gasteiger partial charge < -0.3 is 49.5 Å². The van der Waals surface area contributed by atoms with Crippen molar-refractivity contribution in [2.24, 2.45) is 0 Å². The highest BCUT2D eigenvalue weighted by atomic mass is 79.9. The lowest BCUT2D eigenvalue weighted by atomic mass is 9.80. The first-order valence-corrected chi connectivity index (χ1v) is 20.3. The van der Waals surface area contributed by atoms with Crippen molar-refractivity contribution in [1.29, 1.82) is 0 Å². The third kappa shape index (κ3) is 11.6. The van der Waals surface area contributed by atoms with E-state index in [-0.39, 0.29) is 33.8 Å². The highest BCUT2D eigenvalue weighted by molar-refractivity contribution is 9.10. The maximum atomic E-state index is 12.7. The number of halogens is 1. The summed E-state index contributed by atoms with van der Waals surface area (Å²) in [6.07, 6.45) is 9.63. The van der Waals surface area contributed by atoms with Crippen LogP contribution < -0.4 is 47.0 Å². The molecule has 330 valence electrons. The largest absolute Gasteiger partial charge is 0.496 e. The fourth-order valence-electron chi connectivity index (χ4n) is 5.70. The van der Waals surface area contributed by atoms with Gasteiger partial charge in [-0.2, -0.15) is 0 Å². The molecule has 0 aromatic carbocycles. The van der Waals surface area contributed by atoms with Crippen molar-refractivity contribution in [2.75, 3.05) is 80.2 Å². The lowest BCUT2D eigenvalue weighted by molar-refractivity contribution is 0.00578. The average molecular weight is 918 g/mol. The van der Waals surface area contributed by atoms with E-state index >= 15 is 0 Å². The number of nitrogens with two attached hydrogens (primary N) is 2. The maximum absolute atomic E-state index is 12.7. The lowest BCUT2D eigenvalue weighted by Gasteiger charge is -2.32. The fraction of sp³-hybridized carbons (Fsp3) is 0.381. The van der Waals surface area contributed by atoms with Gasteiger partial charge in [0.05, 0.1) is 49.2 Å². The molecule has 0 saturated carbocycles. The molecule has 0 bridgehead atoms. The zero-order valence-corrected chi connectivity index (χ0v) is 38.3. The van der Waals surface area contributed by atoms with Gasteiger partial charge in [-0.25, -0.2) is 19.9 Å². The number of anilines is 2. The molecule has 0 aliphatic carbocycles. The van der Waals surface area contributed by atoms with E-state index in [0.29, 0.717) is 54.2 Å². The Hall–Kier alpha value is -5.80. The van der Waals surface area contributed by atoms with Crippen molar-refractivity contribution < 1.29 is 28.3 Å². The Bertz CT molecular complexity index is 2590. The van der Waals surface area contributed by atoms with Gasteiger partial charge in [-0.1, -0.05) is 0 Å². The molecule has 1 fully saturated rings. The van der Waals surface area contributed by atoms with Gasteiger partial charge in [-0.05, 0) is 108 Å². The van der Waals surface area contributed by atoms with Crippen LogP contribution in [0.1, 0.15) is 27.7 Å². The summed E-state index contributed by atoms with van der Waals surface area (Å²) in [6.45, 7) is 10.4. The van der Waals surface area contributed by atoms with Gasteiger partial charge >= 0.3 is 7.12 Å². The van der Waals surface area contributed by atoms with Crippen molar-refractivity contribution in [3.63, 3.8) is 0 Å². The molecule has 0 amide bonds. The maximum Gasteiger partial charge on any atom is 0.496 e. The fourth-order valence-corrected chi connectivity index (χ4v) is 6.04. The number of hydrogen-bond donors (Lipinski definition) is 2. The Balaban J connectivity index is 0.000000181. The number of likely N-dealkylation sites (N-methyl/N-ethyl adjacent to an activating group) is 2. The van der Waals surface area contributed by atoms with Gasteiger partial charge in [0.15, 0.2) is 0 Å². The van der Waals surface area contributed by atoms with Crippen LogP contribution in [0.25, 0.3) is 22.4 Å². The van der Waals surface area contributed by atoms with Crippen LogP contribution in [-0.4, -0.2) is 126 Å². The van der Waals surface area contributed by atoms with Gasteiger partial charge in [0.1, 0.15) is 24.5 Å². The van der Waals surface area contributed by atoms with E-state index in [0.717, 1.165) is 27.6 Å². The summed E-state index contributed by atoms with van der Waals surface area (Å²) in [7, 11) is 10.4. The minimum absolute atomic E-state index is 0.194. The van der Waals surface area contributed by atoms with Crippen LogP contribution in [0.4, 0.5) is 11.4 Å². The number of hydrogen-bond acceptors (Lipinski definition) is 16. The van der Waals surface area contributed by atoms with E-state index in [1.807, 2.05) is 77.8 Å². The zero-order valence-electron chi connectivity index (χ0n) is 36.7. The van der Waals surface area contributed by atoms with Crippen LogP contribution in [0.15, 0.2) is 87.6 Å². The molecule has 0 spiro atoms. The smallest absolute Gasteiger partial charge is 0.485 e. The van der Waals surface area contributed by atoms with Crippen molar-refractivity contribution in [1.82, 2.24) is 38.5 Å². The highest BCUT2D eigenvalue weighted by Gasteiger charge is 2.52. The first kappa shape index (κ1) is 47.3. The number of aromatic nitrogens is 6. The minimum atomic E-state index is -0.448. The molecule has 1 aliphatic heterocycles. The predicted molar refractivity (Wildman–Crippen MR) is 244 cm³/mol. The van der Waals surface area contributed by atoms with Gasteiger partial charge in [0.2, 0.25) is 23.3 Å². The average Bonchev–Trinajstić information content (AvgIpc) is 3.45. The topological polar surface area (TPSA) is 208 Å². The van der Waals surface area contributed by atoms with E-state index in [9.17, 15) is 9.59 Å². The summed E-state index contributed by atoms with van der Waals surface area (Å²) in [4.78, 5) is 45.5. The van der Waals surface area contributed by atoms with E-state index in [1.54, 1.807) is 49.1 Å². The van der Waals surface area contributed by atoms with Crippen LogP contribution >= 0.6 is 15.9 Å². The van der Waals surface area contributed by atoms with Crippen LogP contribution in [0.3, 0.4) is 0 Å². The van der Waals surface area contributed by atoms with Gasteiger partial charge in [-0.15, -0.1) is 0 Å². The first-order valence-electron chi connectivity index (χ1n) is 19.5. The molecule has 4 N–H and O–H groups in total. The van der Waals surface area contributed by atoms with E-state index < -0.39 is 7.12 Å². The Kier molecular flexibility index (Phi) is 15.5. The molecule has 20 heteroatoms. The molecule has 0 unspecified atom stereocenters. The van der Waals surface area contributed by atoms with Crippen LogP contribution in [0.5, 0.6) is 23.3 Å². The van der Waals surface area contributed by atoms with Crippen molar-refractivity contribution in [3.05, 3.63) is 98.8 Å². The quantitative estimate of drug-likeness (QED) is 0.168. The molecule has 6 aromatic rings. The third-order valence-corrected chi connectivity index (χ3v) is 10.4. The highest BCUT2D eigenvalue weighted by Crippen LogP contribution is 2.36. The standard InChI is InChI=1S/C18H21N5O3.C12H19BN2O3.C12H14BrN3O2/c1-22(2)6-7-26-15-10-20-16-5-4-12(11-23(16)18(15)24)13-8-14(19)17(25-3)21-9-13;1-11(2)12(3,4)18-13(17-11)8-6-9(14)10(16-5)15-7-8;1-15(2)5-6-18-10-7-14-11-4-3-9(13)8-16(11)12(10)17/h4-5,8-11H,6-7,19H2,1-3H3;6-7H,14H2,1-5H3;3-4,7-8H,5-6H2,1-2H3. The third-order valence-electron chi connectivity index (χ3n) is 9.92. The van der Waals surface area contributed by atoms with Crippen LogP contribution in [0.2, 0.25) is 0 Å². The van der Waals surface area contributed by atoms with Crippen LogP contribution in [0, 0.1) is 0 Å². The second-order valence-electron chi connectivity index (χ2n) is 15.7. The molecular formula is C42H54BBrN10O8. The normalized spacial score (nSPS) is 14.0. The van der Waals surface area contributed by atoms with E-state index in [2.05, 4.69) is 35.9 Å². The summed E-state index contributed by atoms with van der Waals surface area (Å²) >= 11 is 3.33. The second-order valence-corrected chi connectivity index (χ2v) is 16.6. The SMILES string of the molecule is CN(C)CCOc1cnc2ccc(Br)cn2c1=O.COc1ncc(-c2ccc3ncc(OCCN(C)C)c(=O)n3c2)cc1N.COc1ncc(B2OC(C)(C)C(C)(C)O2)cc1N. The number of nitrogen functional groups attached to an aromatic ring is 2. The molecule has 0 radical (unpaired) electrons. The van der Waals surface area contributed by atoms with E-state index in [1.165, 1.54) is 35.4 Å². The summed E-state index contributed by atoms with van der Waals surface area (Å²) in [6, 6.07) is 10.8. The van der Waals surface area contributed by atoms with Gasteiger partial charge in [-0.3, -0.25) is 18.4 Å². The number of pyridine rings is 4. The zero-order chi connectivity index (χ0) is 45.4. The van der Waals surface area contributed by atoms with Crippen molar-refractivity contribution in [3.8, 4) is 34.4 Å². The first-order chi connectivity index (χ1) is 29.3. The minimum Gasteiger partial charge on any atom is -0.485 e. The number of methoxy groups -OCH3 is 2. The van der Waals surface area contributed by atoms with Gasteiger partial charge in [0, 0.05) is 58.9 Å². The van der Waals surface area contributed by atoms with E-state index in [4.69, 9.17) is 39.7 Å². The Morgan fingerprint density at radius 3 is 1.65 bits per heavy atom. The molecule has 7 rings (SSSR count). The summed E-state index contributed by atoms with van der Waals surface area (Å²) in [5.74, 6) is 1.27. The Morgan fingerprint density at radius 1 is 0.677 bits per heavy atom. The summed E-state index contributed by atoms with van der Waals surface area (Å²) in [5, 5.41) is 0. The molecule has 18 nitrogen and oxygen atoms in total. The van der Waals surface area contributed by atoms with Crippen LogP contribution in [-0.2, 0) is 9.31 Å². The molecule has 62 heavy (non-hydrogen) atoms. The predicted octanol–water partition coefficient (Wildman–Crippen LogP) is 3.66. The molecule has 1 saturated heterocycles. The number of ether oxygens (including phenoxy) is 4. The second kappa shape index (κ2) is 20.4. The number of rotatable bonds is 12. The molecule has 6 aromatic heterocycles. The summed E-state index contributed by atoms with van der Waals surface area (Å²) in [5.41, 5.74) is 15.0. The Labute approximate surface area is 369 Å². The Morgan fingerprint density at radius 2 is 1.16 bits per heavy atom. The summed E-state index contributed by atoms with van der Waals surface area (Å²) < 4.78 is 36.7.